The Bertz CT molecular complexity index is 448. The number of phenols is 1. The molecule has 1 aliphatic heterocycles. The molecule has 90 valence electrons. The maximum atomic E-state index is 10.1. The Balaban J connectivity index is 2.45. The van der Waals surface area contributed by atoms with E-state index in [0.29, 0.717) is 36.6 Å². The fraction of sp³-hybridized carbons (Fsp3) is 0.417. The van der Waals surface area contributed by atoms with Crippen molar-refractivity contribution in [2.45, 2.75) is 6.04 Å². The van der Waals surface area contributed by atoms with Crippen molar-refractivity contribution in [3.63, 3.8) is 0 Å². The van der Waals surface area contributed by atoms with Gasteiger partial charge in [-0.2, -0.15) is 5.26 Å². The Morgan fingerprint density at radius 2 is 2.41 bits per heavy atom. The molecule has 1 aromatic carbocycles. The molecule has 1 aliphatic rings. The number of ether oxygens (including phenoxy) is 2. The second-order valence-corrected chi connectivity index (χ2v) is 3.77. The molecule has 0 unspecified atom stereocenters. The van der Waals surface area contributed by atoms with E-state index in [9.17, 15) is 5.11 Å². The molecule has 0 bridgehead atoms. The molecule has 2 rings (SSSR count). The largest absolute Gasteiger partial charge is 0.504 e. The van der Waals surface area contributed by atoms with E-state index in [0.717, 1.165) is 0 Å². The van der Waals surface area contributed by atoms with Crippen molar-refractivity contribution < 1.29 is 14.6 Å². The Hall–Kier alpha value is -1.77. The topological polar surface area (TPSA) is 74.5 Å². The van der Waals surface area contributed by atoms with Crippen LogP contribution in [0.15, 0.2) is 12.1 Å². The first kappa shape index (κ1) is 11.7. The van der Waals surface area contributed by atoms with Crippen LogP contribution in [0, 0.1) is 11.3 Å². The van der Waals surface area contributed by atoms with Crippen molar-refractivity contribution in [2.75, 3.05) is 26.9 Å². The lowest BCUT2D eigenvalue weighted by atomic mass is 9.99. The molecule has 0 radical (unpaired) electrons. The van der Waals surface area contributed by atoms with Gasteiger partial charge in [-0.15, -0.1) is 0 Å². The summed E-state index contributed by atoms with van der Waals surface area (Å²) < 4.78 is 10.4. The van der Waals surface area contributed by atoms with E-state index in [-0.39, 0.29) is 11.8 Å². The molecule has 0 spiro atoms. The molecule has 0 aliphatic carbocycles. The van der Waals surface area contributed by atoms with E-state index in [2.05, 4.69) is 11.4 Å². The summed E-state index contributed by atoms with van der Waals surface area (Å²) in [5.74, 6) is 0.376. The highest BCUT2D eigenvalue weighted by atomic mass is 16.5. The molecule has 2 N–H and O–H groups in total. The molecule has 1 saturated heterocycles. The van der Waals surface area contributed by atoms with Crippen LogP contribution in [0.1, 0.15) is 17.2 Å². The number of phenolic OH excluding ortho intramolecular Hbond substituents is 1. The van der Waals surface area contributed by atoms with Gasteiger partial charge < -0.3 is 19.9 Å². The monoisotopic (exact) mass is 234 g/mol. The van der Waals surface area contributed by atoms with Gasteiger partial charge in [0.15, 0.2) is 11.5 Å². The Kier molecular flexibility index (Phi) is 3.47. The van der Waals surface area contributed by atoms with Crippen molar-refractivity contribution in [3.8, 4) is 17.6 Å². The van der Waals surface area contributed by atoms with E-state index < -0.39 is 0 Å². The zero-order valence-corrected chi connectivity index (χ0v) is 9.56. The summed E-state index contributed by atoms with van der Waals surface area (Å²) in [6.07, 6.45) is 0. The average molecular weight is 234 g/mol. The Labute approximate surface area is 99.6 Å². The molecule has 1 fully saturated rings. The summed E-state index contributed by atoms with van der Waals surface area (Å²) >= 11 is 0. The molecule has 1 atom stereocenters. The van der Waals surface area contributed by atoms with Crippen LogP contribution < -0.4 is 10.1 Å². The number of methoxy groups -OCH3 is 1. The minimum atomic E-state index is -0.173. The average Bonchev–Trinajstić information content (AvgIpc) is 2.39. The van der Waals surface area contributed by atoms with E-state index in [1.807, 2.05) is 0 Å². The standard InChI is InChI=1S/C12H14N2O3/c1-16-10-3-2-8(6-13)11(12(10)15)9-7-17-5-4-14-9/h2-3,9,14-15H,4-5,7H2,1H3/t9-/m0/s1. The molecule has 0 saturated carbocycles. The highest BCUT2D eigenvalue weighted by Gasteiger charge is 2.24. The van der Waals surface area contributed by atoms with Gasteiger partial charge in [-0.3, -0.25) is 0 Å². The molecule has 5 nitrogen and oxygen atoms in total. The summed E-state index contributed by atoms with van der Waals surface area (Å²) in [6.45, 7) is 1.78. The minimum absolute atomic E-state index is 0.00884. The van der Waals surface area contributed by atoms with Gasteiger partial charge in [-0.25, -0.2) is 0 Å². The summed E-state index contributed by atoms with van der Waals surface area (Å²) in [4.78, 5) is 0. The predicted molar refractivity (Wildman–Crippen MR) is 60.9 cm³/mol. The number of morpholine rings is 1. The molecular weight excluding hydrogens is 220 g/mol. The number of hydrogen-bond donors (Lipinski definition) is 2. The van der Waals surface area contributed by atoms with E-state index in [1.165, 1.54) is 7.11 Å². The summed E-state index contributed by atoms with van der Waals surface area (Å²) in [7, 11) is 1.48. The number of rotatable bonds is 2. The summed E-state index contributed by atoms with van der Waals surface area (Å²) in [6, 6.07) is 5.13. The van der Waals surface area contributed by atoms with Crippen molar-refractivity contribution in [1.82, 2.24) is 5.32 Å². The van der Waals surface area contributed by atoms with Crippen LogP contribution in [-0.2, 0) is 4.74 Å². The third-order valence-electron chi connectivity index (χ3n) is 2.79. The number of nitrogens with zero attached hydrogens (tertiary/aromatic N) is 1. The molecule has 5 heteroatoms. The number of nitrogens with one attached hydrogen (secondary N) is 1. The smallest absolute Gasteiger partial charge is 0.163 e. The first-order valence-electron chi connectivity index (χ1n) is 5.39. The lowest BCUT2D eigenvalue weighted by Gasteiger charge is -2.26. The van der Waals surface area contributed by atoms with Crippen molar-refractivity contribution >= 4 is 0 Å². The number of nitriles is 1. The number of aromatic hydroxyl groups is 1. The molecule has 1 heterocycles. The van der Waals surface area contributed by atoms with Gasteiger partial charge in [0, 0.05) is 12.1 Å². The third-order valence-corrected chi connectivity index (χ3v) is 2.79. The van der Waals surface area contributed by atoms with Crippen LogP contribution in [-0.4, -0.2) is 32.0 Å². The summed E-state index contributed by atoms with van der Waals surface area (Å²) in [5, 5.41) is 22.4. The Morgan fingerprint density at radius 3 is 3.00 bits per heavy atom. The zero-order chi connectivity index (χ0) is 12.3. The third kappa shape index (κ3) is 2.18. The fourth-order valence-electron chi connectivity index (χ4n) is 1.95. The van der Waals surface area contributed by atoms with Crippen molar-refractivity contribution in [2.24, 2.45) is 0 Å². The molecule has 1 aromatic rings. The molecule has 0 aromatic heterocycles. The van der Waals surface area contributed by atoms with Crippen LogP contribution in [0.25, 0.3) is 0 Å². The van der Waals surface area contributed by atoms with Gasteiger partial charge in [0.05, 0.1) is 38.0 Å². The predicted octanol–water partition coefficient (Wildman–Crippen LogP) is 0.933. The number of benzene rings is 1. The molecular formula is C12H14N2O3. The van der Waals surface area contributed by atoms with Crippen LogP contribution >= 0.6 is 0 Å². The zero-order valence-electron chi connectivity index (χ0n) is 9.56. The maximum Gasteiger partial charge on any atom is 0.163 e. The highest BCUT2D eigenvalue weighted by Crippen LogP contribution is 2.36. The second-order valence-electron chi connectivity index (χ2n) is 3.77. The Morgan fingerprint density at radius 1 is 1.59 bits per heavy atom. The quantitative estimate of drug-likeness (QED) is 0.796. The van der Waals surface area contributed by atoms with Crippen LogP contribution in [0.4, 0.5) is 0 Å². The lowest BCUT2D eigenvalue weighted by Crippen LogP contribution is -2.35. The van der Waals surface area contributed by atoms with Gasteiger partial charge >= 0.3 is 0 Å². The first-order chi connectivity index (χ1) is 8.27. The first-order valence-corrected chi connectivity index (χ1v) is 5.39. The minimum Gasteiger partial charge on any atom is -0.504 e. The molecule has 0 amide bonds. The van der Waals surface area contributed by atoms with Gasteiger partial charge in [-0.05, 0) is 12.1 Å². The van der Waals surface area contributed by atoms with E-state index in [1.54, 1.807) is 12.1 Å². The van der Waals surface area contributed by atoms with Gasteiger partial charge in [0.2, 0.25) is 0 Å². The summed E-state index contributed by atoms with van der Waals surface area (Å²) in [5.41, 5.74) is 0.984. The fourth-order valence-corrected chi connectivity index (χ4v) is 1.95. The highest BCUT2D eigenvalue weighted by molar-refractivity contribution is 5.55. The van der Waals surface area contributed by atoms with Gasteiger partial charge in [-0.1, -0.05) is 0 Å². The van der Waals surface area contributed by atoms with Crippen LogP contribution in [0.2, 0.25) is 0 Å². The van der Waals surface area contributed by atoms with Crippen LogP contribution in [0.5, 0.6) is 11.5 Å². The SMILES string of the molecule is COc1ccc(C#N)c([C@@H]2COCCN2)c1O. The lowest BCUT2D eigenvalue weighted by molar-refractivity contribution is 0.0759. The van der Waals surface area contributed by atoms with Gasteiger partial charge in [0.25, 0.3) is 0 Å². The molecule has 17 heavy (non-hydrogen) atoms. The van der Waals surface area contributed by atoms with Gasteiger partial charge in [0.1, 0.15) is 0 Å². The second kappa shape index (κ2) is 5.04. The van der Waals surface area contributed by atoms with Crippen LogP contribution in [0.3, 0.4) is 0 Å². The van der Waals surface area contributed by atoms with Crippen molar-refractivity contribution in [1.29, 1.82) is 5.26 Å². The number of hydrogen-bond acceptors (Lipinski definition) is 5. The van der Waals surface area contributed by atoms with Crippen molar-refractivity contribution in [3.05, 3.63) is 23.3 Å². The van der Waals surface area contributed by atoms with E-state index >= 15 is 0 Å². The maximum absolute atomic E-state index is 10.1. The normalized spacial score (nSPS) is 19.6. The van der Waals surface area contributed by atoms with E-state index in [4.69, 9.17) is 14.7 Å².